The summed E-state index contributed by atoms with van der Waals surface area (Å²) in [5.41, 5.74) is 2.76. The third-order valence-electron chi connectivity index (χ3n) is 3.00. The normalized spacial score (nSPS) is 20.6. The molecule has 4 heteroatoms. The summed E-state index contributed by atoms with van der Waals surface area (Å²) in [5.74, 6) is 1.23. The molecule has 1 aliphatic rings. The van der Waals surface area contributed by atoms with Gasteiger partial charge in [-0.2, -0.15) is 11.8 Å². The Kier molecular flexibility index (Phi) is 4.77. The lowest BCUT2D eigenvalue weighted by Gasteiger charge is -2.34. The molecule has 1 aromatic rings. The predicted octanol–water partition coefficient (Wildman–Crippen LogP) is 3.11. The van der Waals surface area contributed by atoms with Gasteiger partial charge in [0, 0.05) is 40.8 Å². The Labute approximate surface area is 116 Å². The summed E-state index contributed by atoms with van der Waals surface area (Å²) in [4.78, 5) is 2.51. The zero-order chi connectivity index (χ0) is 12.3. The molecule has 0 aliphatic carbocycles. The SMILES string of the molecule is CNCc1ccc(Br)cc1N1CCSC(C)C1. The summed E-state index contributed by atoms with van der Waals surface area (Å²) in [6.07, 6.45) is 0. The maximum atomic E-state index is 3.58. The van der Waals surface area contributed by atoms with E-state index in [9.17, 15) is 0 Å². The average Bonchev–Trinajstić information content (AvgIpc) is 2.32. The molecule has 0 spiro atoms. The van der Waals surface area contributed by atoms with Crippen LogP contribution < -0.4 is 10.2 Å². The molecule has 1 aromatic carbocycles. The Morgan fingerprint density at radius 3 is 3.06 bits per heavy atom. The lowest BCUT2D eigenvalue weighted by Crippen LogP contribution is -2.37. The van der Waals surface area contributed by atoms with Crippen molar-refractivity contribution in [1.29, 1.82) is 0 Å². The summed E-state index contributed by atoms with van der Waals surface area (Å²) in [5, 5.41) is 3.97. The maximum Gasteiger partial charge on any atom is 0.0423 e. The van der Waals surface area contributed by atoms with Gasteiger partial charge in [0.1, 0.15) is 0 Å². The Bertz CT molecular complexity index is 384. The highest BCUT2D eigenvalue weighted by molar-refractivity contribution is 9.10. The van der Waals surface area contributed by atoms with Gasteiger partial charge in [-0.3, -0.25) is 0 Å². The van der Waals surface area contributed by atoms with Gasteiger partial charge in [-0.1, -0.05) is 28.9 Å². The minimum Gasteiger partial charge on any atom is -0.369 e. The van der Waals surface area contributed by atoms with E-state index in [0.29, 0.717) is 0 Å². The van der Waals surface area contributed by atoms with Crippen molar-refractivity contribution in [3.05, 3.63) is 28.2 Å². The fourth-order valence-electron chi connectivity index (χ4n) is 2.21. The van der Waals surface area contributed by atoms with Gasteiger partial charge in [-0.15, -0.1) is 0 Å². The van der Waals surface area contributed by atoms with E-state index < -0.39 is 0 Å². The van der Waals surface area contributed by atoms with E-state index in [1.165, 1.54) is 21.5 Å². The van der Waals surface area contributed by atoms with Crippen LogP contribution in [0, 0.1) is 0 Å². The first-order valence-corrected chi connectivity index (χ1v) is 7.84. The summed E-state index contributed by atoms with van der Waals surface area (Å²) < 4.78 is 1.17. The van der Waals surface area contributed by atoms with Gasteiger partial charge in [-0.05, 0) is 24.7 Å². The smallest absolute Gasteiger partial charge is 0.0423 e. The van der Waals surface area contributed by atoms with Gasteiger partial charge in [-0.25, -0.2) is 0 Å². The van der Waals surface area contributed by atoms with Gasteiger partial charge < -0.3 is 10.2 Å². The molecule has 2 nitrogen and oxygen atoms in total. The number of nitrogens with zero attached hydrogens (tertiary/aromatic N) is 1. The van der Waals surface area contributed by atoms with Crippen LogP contribution >= 0.6 is 27.7 Å². The molecular weight excluding hydrogens is 296 g/mol. The minimum atomic E-state index is 0.727. The molecule has 0 aromatic heterocycles. The van der Waals surface area contributed by atoms with E-state index in [1.54, 1.807) is 0 Å². The quantitative estimate of drug-likeness (QED) is 0.923. The third kappa shape index (κ3) is 3.39. The van der Waals surface area contributed by atoms with Crippen LogP contribution in [0.4, 0.5) is 5.69 Å². The Morgan fingerprint density at radius 1 is 1.53 bits per heavy atom. The zero-order valence-corrected chi connectivity index (χ0v) is 12.8. The van der Waals surface area contributed by atoms with Crippen molar-refractivity contribution >= 4 is 33.4 Å². The van der Waals surface area contributed by atoms with Crippen molar-refractivity contribution in [1.82, 2.24) is 5.32 Å². The molecule has 1 atom stereocenters. The van der Waals surface area contributed by atoms with Crippen LogP contribution in [-0.4, -0.2) is 31.1 Å². The molecule has 0 saturated carbocycles. The number of thioether (sulfide) groups is 1. The van der Waals surface area contributed by atoms with Gasteiger partial charge in [0.2, 0.25) is 0 Å². The molecule has 2 rings (SSSR count). The van der Waals surface area contributed by atoms with Crippen molar-refractivity contribution in [3.63, 3.8) is 0 Å². The van der Waals surface area contributed by atoms with Crippen LogP contribution in [0.3, 0.4) is 0 Å². The summed E-state index contributed by atoms with van der Waals surface area (Å²) in [6.45, 7) is 5.55. The van der Waals surface area contributed by atoms with Crippen molar-refractivity contribution < 1.29 is 0 Å². The van der Waals surface area contributed by atoms with Crippen LogP contribution in [0.15, 0.2) is 22.7 Å². The summed E-state index contributed by atoms with van der Waals surface area (Å²) >= 11 is 5.65. The lowest BCUT2D eigenvalue weighted by atomic mass is 10.1. The highest BCUT2D eigenvalue weighted by atomic mass is 79.9. The Morgan fingerprint density at radius 2 is 2.35 bits per heavy atom. The van der Waals surface area contributed by atoms with Gasteiger partial charge in [0.05, 0.1) is 0 Å². The largest absolute Gasteiger partial charge is 0.369 e. The molecule has 0 bridgehead atoms. The second kappa shape index (κ2) is 6.12. The molecule has 17 heavy (non-hydrogen) atoms. The van der Waals surface area contributed by atoms with Gasteiger partial charge >= 0.3 is 0 Å². The molecule has 1 N–H and O–H groups in total. The fourth-order valence-corrected chi connectivity index (χ4v) is 3.57. The van der Waals surface area contributed by atoms with Crippen molar-refractivity contribution in [2.45, 2.75) is 18.7 Å². The van der Waals surface area contributed by atoms with E-state index in [2.05, 4.69) is 63.0 Å². The van der Waals surface area contributed by atoms with Crippen molar-refractivity contribution in [2.24, 2.45) is 0 Å². The van der Waals surface area contributed by atoms with Crippen LogP contribution in [-0.2, 0) is 6.54 Å². The average molecular weight is 315 g/mol. The highest BCUT2D eigenvalue weighted by Crippen LogP contribution is 2.29. The number of nitrogens with one attached hydrogen (secondary N) is 1. The standard InChI is InChI=1S/C13H19BrN2S/c1-10-9-16(5-6-17-10)13-7-12(14)4-3-11(13)8-15-2/h3-4,7,10,15H,5-6,8-9H2,1-2H3. The minimum absolute atomic E-state index is 0.727. The number of hydrogen-bond acceptors (Lipinski definition) is 3. The number of anilines is 1. The number of rotatable bonds is 3. The van der Waals surface area contributed by atoms with E-state index in [4.69, 9.17) is 0 Å². The van der Waals surface area contributed by atoms with E-state index >= 15 is 0 Å². The molecule has 1 fully saturated rings. The maximum absolute atomic E-state index is 3.58. The zero-order valence-electron chi connectivity index (χ0n) is 10.4. The highest BCUT2D eigenvalue weighted by Gasteiger charge is 2.19. The molecule has 1 aliphatic heterocycles. The van der Waals surface area contributed by atoms with Crippen LogP contribution in [0.1, 0.15) is 12.5 Å². The summed E-state index contributed by atoms with van der Waals surface area (Å²) in [7, 11) is 2.00. The Hall–Kier alpha value is -0.190. The molecule has 0 radical (unpaired) electrons. The van der Waals surface area contributed by atoms with Crippen LogP contribution in [0.25, 0.3) is 0 Å². The first-order valence-electron chi connectivity index (χ1n) is 6.00. The van der Waals surface area contributed by atoms with Crippen LogP contribution in [0.5, 0.6) is 0 Å². The molecule has 94 valence electrons. The van der Waals surface area contributed by atoms with Gasteiger partial charge in [0.15, 0.2) is 0 Å². The first-order chi connectivity index (χ1) is 8.20. The van der Waals surface area contributed by atoms with Crippen molar-refractivity contribution in [3.8, 4) is 0 Å². The first kappa shape index (κ1) is 13.2. The predicted molar refractivity (Wildman–Crippen MR) is 81.0 cm³/mol. The lowest BCUT2D eigenvalue weighted by molar-refractivity contribution is 0.760. The van der Waals surface area contributed by atoms with Crippen LogP contribution in [0.2, 0.25) is 0 Å². The van der Waals surface area contributed by atoms with Gasteiger partial charge in [0.25, 0.3) is 0 Å². The van der Waals surface area contributed by atoms with Crippen molar-refractivity contribution in [2.75, 3.05) is 30.8 Å². The number of benzene rings is 1. The number of hydrogen-bond donors (Lipinski definition) is 1. The van der Waals surface area contributed by atoms with E-state index in [0.717, 1.165) is 24.9 Å². The fraction of sp³-hybridized carbons (Fsp3) is 0.538. The van der Waals surface area contributed by atoms with E-state index in [-0.39, 0.29) is 0 Å². The molecule has 1 saturated heterocycles. The van der Waals surface area contributed by atoms with E-state index in [1.807, 2.05) is 7.05 Å². The monoisotopic (exact) mass is 314 g/mol. The second-order valence-electron chi connectivity index (χ2n) is 4.43. The second-order valence-corrected chi connectivity index (χ2v) is 6.89. The molecule has 1 unspecified atom stereocenters. The molecular formula is C13H19BrN2S. The Balaban J connectivity index is 2.25. The topological polar surface area (TPSA) is 15.3 Å². The number of halogens is 1. The third-order valence-corrected chi connectivity index (χ3v) is 4.63. The molecule has 1 heterocycles. The summed E-state index contributed by atoms with van der Waals surface area (Å²) in [6, 6.07) is 6.58. The molecule has 0 amide bonds.